The first-order valence-corrected chi connectivity index (χ1v) is 7.47. The van der Waals surface area contributed by atoms with Crippen LogP contribution in [0.25, 0.3) is 10.9 Å². The van der Waals surface area contributed by atoms with E-state index in [-0.39, 0.29) is 0 Å². The second-order valence-corrected chi connectivity index (χ2v) is 5.75. The van der Waals surface area contributed by atoms with Crippen molar-refractivity contribution in [2.45, 2.75) is 4.90 Å². The van der Waals surface area contributed by atoms with Gasteiger partial charge >= 0.3 is 0 Å². The minimum atomic E-state index is 0.973. The van der Waals surface area contributed by atoms with Gasteiger partial charge in [0.05, 0.1) is 11.2 Å². The summed E-state index contributed by atoms with van der Waals surface area (Å²) in [5.41, 5.74) is 1.99. The fourth-order valence-electron chi connectivity index (χ4n) is 1.82. The molecule has 0 amide bonds. The van der Waals surface area contributed by atoms with Crippen molar-refractivity contribution in [2.24, 2.45) is 0 Å². The highest BCUT2D eigenvalue weighted by Crippen LogP contribution is 2.31. The van der Waals surface area contributed by atoms with Crippen LogP contribution in [0, 0.1) is 0 Å². The summed E-state index contributed by atoms with van der Waals surface area (Å²) in [5, 5.41) is 1.11. The molecule has 94 valence electrons. The summed E-state index contributed by atoms with van der Waals surface area (Å²) in [4.78, 5) is 5.62. The predicted molar refractivity (Wildman–Crippen MR) is 85.4 cm³/mol. The minimum absolute atomic E-state index is 0.973. The van der Waals surface area contributed by atoms with Crippen LogP contribution >= 0.6 is 27.9 Å². The van der Waals surface area contributed by atoms with Gasteiger partial charge in [0.25, 0.3) is 0 Å². The van der Waals surface area contributed by atoms with Crippen molar-refractivity contribution in [1.29, 1.82) is 0 Å². The summed E-state index contributed by atoms with van der Waals surface area (Å²) in [6.45, 7) is 0. The van der Waals surface area contributed by atoms with E-state index in [0.717, 1.165) is 21.1 Å². The largest absolute Gasteiger partial charge is 0.324 e. The van der Waals surface area contributed by atoms with Crippen molar-refractivity contribution in [1.82, 2.24) is 4.98 Å². The number of halogens is 1. The van der Waals surface area contributed by atoms with Crippen LogP contribution in [0.15, 0.2) is 70.2 Å². The first-order chi connectivity index (χ1) is 9.34. The highest BCUT2D eigenvalue weighted by molar-refractivity contribution is 9.10. The summed E-state index contributed by atoms with van der Waals surface area (Å²) in [6.07, 6.45) is 1.81. The molecular formula is C15H11BrN2S. The number of nitrogens with one attached hydrogen (secondary N) is 1. The Hall–Kier alpha value is -1.52. The average molecular weight is 331 g/mol. The fraction of sp³-hybridized carbons (Fsp3) is 0. The van der Waals surface area contributed by atoms with Crippen LogP contribution in [0.2, 0.25) is 0 Å². The highest BCUT2D eigenvalue weighted by atomic mass is 79.9. The zero-order chi connectivity index (χ0) is 13.1. The molecule has 1 aromatic heterocycles. The van der Waals surface area contributed by atoms with Crippen molar-refractivity contribution in [3.05, 3.63) is 65.3 Å². The third-order valence-corrected chi connectivity index (χ3v) is 4.26. The summed E-state index contributed by atoms with van der Waals surface area (Å²) < 4.78 is 4.43. The Labute approximate surface area is 124 Å². The quantitative estimate of drug-likeness (QED) is 0.675. The number of fused-ring (bicyclic) bond motifs is 1. The monoisotopic (exact) mass is 330 g/mol. The molecule has 1 N–H and O–H groups in total. The van der Waals surface area contributed by atoms with E-state index >= 15 is 0 Å². The average Bonchev–Trinajstić information content (AvgIpc) is 2.48. The van der Waals surface area contributed by atoms with Gasteiger partial charge in [-0.1, -0.05) is 40.2 Å². The lowest BCUT2D eigenvalue weighted by molar-refractivity contribution is 1.41. The maximum atomic E-state index is 4.45. The van der Waals surface area contributed by atoms with Gasteiger partial charge in [0.15, 0.2) is 0 Å². The Morgan fingerprint density at radius 2 is 1.79 bits per heavy atom. The number of pyridine rings is 1. The summed E-state index contributed by atoms with van der Waals surface area (Å²) in [7, 11) is 0. The van der Waals surface area contributed by atoms with Gasteiger partial charge in [-0.05, 0) is 42.3 Å². The Bertz CT molecular complexity index is 701. The second-order valence-electron chi connectivity index (χ2n) is 4.01. The zero-order valence-electron chi connectivity index (χ0n) is 10.0. The number of hydrogen-bond donors (Lipinski definition) is 1. The first kappa shape index (κ1) is 12.5. The molecule has 0 saturated carbocycles. The van der Waals surface area contributed by atoms with Crippen LogP contribution in [-0.4, -0.2) is 4.98 Å². The number of nitrogens with zero attached hydrogens (tertiary/aromatic N) is 1. The Morgan fingerprint density at radius 3 is 2.63 bits per heavy atom. The Kier molecular flexibility index (Phi) is 3.71. The molecule has 0 aliphatic carbocycles. The molecule has 0 fully saturated rings. The van der Waals surface area contributed by atoms with Gasteiger partial charge in [-0.2, -0.15) is 0 Å². The third-order valence-electron chi connectivity index (χ3n) is 2.74. The number of aromatic nitrogens is 1. The normalized spacial score (nSPS) is 10.6. The Morgan fingerprint density at radius 1 is 0.947 bits per heavy atom. The summed E-state index contributed by atoms with van der Waals surface area (Å²) >= 11 is 5.14. The minimum Gasteiger partial charge on any atom is -0.324 e. The second kappa shape index (κ2) is 5.63. The van der Waals surface area contributed by atoms with Gasteiger partial charge in [-0.3, -0.25) is 4.98 Å². The van der Waals surface area contributed by atoms with E-state index in [0.29, 0.717) is 0 Å². The van der Waals surface area contributed by atoms with Crippen LogP contribution in [0.3, 0.4) is 0 Å². The molecule has 0 radical (unpaired) electrons. The molecule has 0 spiro atoms. The van der Waals surface area contributed by atoms with E-state index in [2.05, 4.69) is 43.8 Å². The molecule has 19 heavy (non-hydrogen) atoms. The van der Waals surface area contributed by atoms with Crippen molar-refractivity contribution < 1.29 is 0 Å². The van der Waals surface area contributed by atoms with Crippen LogP contribution in [-0.2, 0) is 0 Å². The van der Waals surface area contributed by atoms with Gasteiger partial charge in [0.2, 0.25) is 0 Å². The van der Waals surface area contributed by atoms with E-state index in [9.17, 15) is 0 Å². The smallest absolute Gasteiger partial charge is 0.0953 e. The molecule has 0 aliphatic rings. The lowest BCUT2D eigenvalue weighted by Crippen LogP contribution is -1.90. The van der Waals surface area contributed by atoms with Crippen LogP contribution in [0.4, 0.5) is 5.69 Å². The summed E-state index contributed by atoms with van der Waals surface area (Å²) in [6, 6.07) is 18.3. The fourth-order valence-corrected chi connectivity index (χ4v) is 2.96. The van der Waals surface area contributed by atoms with Crippen molar-refractivity contribution in [3.63, 3.8) is 0 Å². The molecule has 0 atom stereocenters. The molecular weight excluding hydrogens is 320 g/mol. The molecule has 0 bridgehead atoms. The molecule has 0 aliphatic heterocycles. The van der Waals surface area contributed by atoms with Crippen molar-refractivity contribution in [2.75, 3.05) is 4.72 Å². The maximum Gasteiger partial charge on any atom is 0.0953 e. The van der Waals surface area contributed by atoms with E-state index in [4.69, 9.17) is 0 Å². The van der Waals surface area contributed by atoms with Crippen molar-refractivity contribution in [3.8, 4) is 0 Å². The Balaban J connectivity index is 1.91. The van der Waals surface area contributed by atoms with Gasteiger partial charge < -0.3 is 4.72 Å². The number of anilines is 1. The molecule has 0 unspecified atom stereocenters. The van der Waals surface area contributed by atoms with Gasteiger partial charge in [0.1, 0.15) is 0 Å². The molecule has 0 saturated heterocycles. The van der Waals surface area contributed by atoms with Gasteiger partial charge in [0, 0.05) is 21.0 Å². The van der Waals surface area contributed by atoms with Crippen LogP contribution in [0.1, 0.15) is 0 Å². The van der Waals surface area contributed by atoms with E-state index in [1.165, 1.54) is 4.90 Å². The number of benzene rings is 2. The molecule has 2 aromatic carbocycles. The first-order valence-electron chi connectivity index (χ1n) is 5.86. The zero-order valence-corrected chi connectivity index (χ0v) is 12.4. The standard InChI is InChI=1S/C15H11BrN2S/c16-13-8-9-14(15-12(13)7-4-10-17-15)18-19-11-5-2-1-3-6-11/h1-10,18H. The molecule has 3 aromatic rings. The maximum absolute atomic E-state index is 4.45. The van der Waals surface area contributed by atoms with E-state index in [1.54, 1.807) is 11.9 Å². The topological polar surface area (TPSA) is 24.9 Å². The molecule has 2 nitrogen and oxygen atoms in total. The van der Waals surface area contributed by atoms with E-state index in [1.807, 2.05) is 42.6 Å². The van der Waals surface area contributed by atoms with Crippen LogP contribution < -0.4 is 4.72 Å². The van der Waals surface area contributed by atoms with Gasteiger partial charge in [-0.15, -0.1) is 0 Å². The summed E-state index contributed by atoms with van der Waals surface area (Å²) in [5.74, 6) is 0. The van der Waals surface area contributed by atoms with E-state index < -0.39 is 0 Å². The number of rotatable bonds is 3. The lowest BCUT2D eigenvalue weighted by atomic mass is 10.2. The molecule has 1 heterocycles. The predicted octanol–water partition coefficient (Wildman–Crippen LogP) is 5.12. The molecule has 4 heteroatoms. The SMILES string of the molecule is Brc1ccc(NSc2ccccc2)c2ncccc12. The molecule has 3 rings (SSSR count). The highest BCUT2D eigenvalue weighted by Gasteiger charge is 2.05. The number of hydrogen-bond acceptors (Lipinski definition) is 3. The van der Waals surface area contributed by atoms with Crippen molar-refractivity contribution >= 4 is 44.5 Å². The van der Waals surface area contributed by atoms with Crippen LogP contribution in [0.5, 0.6) is 0 Å². The third kappa shape index (κ3) is 2.74. The lowest BCUT2D eigenvalue weighted by Gasteiger charge is -2.09. The van der Waals surface area contributed by atoms with Gasteiger partial charge in [-0.25, -0.2) is 0 Å².